The van der Waals surface area contributed by atoms with Crippen molar-refractivity contribution in [3.8, 4) is 16.9 Å². The molecule has 7 heteroatoms. The van der Waals surface area contributed by atoms with E-state index in [1.807, 2.05) is 6.07 Å². The second kappa shape index (κ2) is 7.35. The molecule has 0 saturated carbocycles. The van der Waals surface area contributed by atoms with Gasteiger partial charge < -0.3 is 15.2 Å². The normalized spacial score (nSPS) is 10.2. The van der Waals surface area contributed by atoms with Crippen molar-refractivity contribution in [2.45, 2.75) is 13.8 Å². The van der Waals surface area contributed by atoms with E-state index in [1.54, 1.807) is 32.3 Å². The molecule has 0 aliphatic carbocycles. The van der Waals surface area contributed by atoms with Crippen molar-refractivity contribution in [1.82, 2.24) is 15.3 Å². The Hall–Kier alpha value is -2.96. The van der Waals surface area contributed by atoms with Crippen molar-refractivity contribution < 1.29 is 19.4 Å². The maximum atomic E-state index is 12.0. The van der Waals surface area contributed by atoms with E-state index in [0.29, 0.717) is 11.1 Å². The number of hydrogen-bond donors (Lipinski definition) is 2. The van der Waals surface area contributed by atoms with E-state index < -0.39 is 11.9 Å². The molecule has 0 unspecified atom stereocenters. The number of nitrogens with one attached hydrogen (secondary N) is 1. The molecule has 23 heavy (non-hydrogen) atoms. The number of pyridine rings is 2. The van der Waals surface area contributed by atoms with Crippen molar-refractivity contribution in [3.63, 3.8) is 0 Å². The first-order chi connectivity index (χ1) is 11.0. The van der Waals surface area contributed by atoms with Gasteiger partial charge >= 0.3 is 5.97 Å². The zero-order valence-electron chi connectivity index (χ0n) is 12.9. The number of rotatable bonds is 5. The molecule has 0 aromatic carbocycles. The van der Waals surface area contributed by atoms with Crippen molar-refractivity contribution >= 4 is 11.9 Å². The molecule has 0 aliphatic rings. The molecule has 0 spiro atoms. The highest BCUT2D eigenvalue weighted by Gasteiger charge is 2.18. The number of esters is 1. The second-order valence-electron chi connectivity index (χ2n) is 4.72. The molecule has 2 heterocycles. The number of carbonyl (C=O) groups is 2. The summed E-state index contributed by atoms with van der Waals surface area (Å²) in [5.74, 6) is -1.42. The van der Waals surface area contributed by atoms with Crippen molar-refractivity contribution in [3.05, 3.63) is 42.0 Å². The van der Waals surface area contributed by atoms with Crippen LogP contribution in [0.3, 0.4) is 0 Å². The molecule has 7 nitrogen and oxygen atoms in total. The molecule has 0 bridgehead atoms. The Balaban J connectivity index is 2.20. The van der Waals surface area contributed by atoms with Gasteiger partial charge in [-0.2, -0.15) is 0 Å². The minimum Gasteiger partial charge on any atom is -0.505 e. The van der Waals surface area contributed by atoms with Gasteiger partial charge in [0.1, 0.15) is 12.3 Å². The highest BCUT2D eigenvalue weighted by Crippen LogP contribution is 2.30. The molecular formula is C16H17N3O4. The third-order valence-corrected chi connectivity index (χ3v) is 3.19. The van der Waals surface area contributed by atoms with Crippen LogP contribution in [0.4, 0.5) is 0 Å². The number of hydrogen-bond acceptors (Lipinski definition) is 6. The van der Waals surface area contributed by atoms with E-state index in [9.17, 15) is 14.7 Å². The van der Waals surface area contributed by atoms with Crippen molar-refractivity contribution in [1.29, 1.82) is 0 Å². The molecule has 0 aliphatic heterocycles. The maximum Gasteiger partial charge on any atom is 0.325 e. The molecule has 2 aromatic rings. The summed E-state index contributed by atoms with van der Waals surface area (Å²) in [7, 11) is 0. The Kier molecular flexibility index (Phi) is 5.24. The number of aromatic hydroxyl groups is 1. The van der Waals surface area contributed by atoms with Crippen LogP contribution in [0.5, 0.6) is 5.75 Å². The van der Waals surface area contributed by atoms with Crippen LogP contribution in [0, 0.1) is 6.92 Å². The average Bonchev–Trinajstić information content (AvgIpc) is 2.56. The van der Waals surface area contributed by atoms with Gasteiger partial charge in [-0.1, -0.05) is 6.07 Å². The summed E-state index contributed by atoms with van der Waals surface area (Å²) in [6.07, 6.45) is 4.78. The van der Waals surface area contributed by atoms with Crippen molar-refractivity contribution in [2.75, 3.05) is 13.2 Å². The standard InChI is InChI=1S/C16H17N3O4/c1-3-23-13(20)9-19-16(22)14-15(21)10(2)12(8-18-14)11-5-4-6-17-7-11/h4-8,21H,3,9H2,1-2H3,(H,19,22). The topological polar surface area (TPSA) is 101 Å². The van der Waals surface area contributed by atoms with Crippen LogP contribution in [0.15, 0.2) is 30.7 Å². The van der Waals surface area contributed by atoms with Crippen LogP contribution in [0.25, 0.3) is 11.1 Å². The predicted molar refractivity (Wildman–Crippen MR) is 82.8 cm³/mol. The molecule has 0 radical (unpaired) electrons. The Morgan fingerprint density at radius 1 is 1.35 bits per heavy atom. The molecular weight excluding hydrogens is 298 g/mol. The third kappa shape index (κ3) is 3.82. The summed E-state index contributed by atoms with van der Waals surface area (Å²) in [5.41, 5.74) is 1.83. The first-order valence-corrected chi connectivity index (χ1v) is 7.07. The summed E-state index contributed by atoms with van der Waals surface area (Å²) in [5, 5.41) is 12.6. The summed E-state index contributed by atoms with van der Waals surface area (Å²) in [6.45, 7) is 3.31. The lowest BCUT2D eigenvalue weighted by atomic mass is 10.0. The largest absolute Gasteiger partial charge is 0.505 e. The molecule has 120 valence electrons. The smallest absolute Gasteiger partial charge is 0.325 e. The average molecular weight is 315 g/mol. The first kappa shape index (κ1) is 16.4. The van der Waals surface area contributed by atoms with Crippen LogP contribution < -0.4 is 5.32 Å². The minimum absolute atomic E-state index is 0.139. The minimum atomic E-state index is -0.642. The monoisotopic (exact) mass is 315 g/mol. The fraction of sp³-hybridized carbons (Fsp3) is 0.250. The Morgan fingerprint density at radius 3 is 2.78 bits per heavy atom. The lowest BCUT2D eigenvalue weighted by Gasteiger charge is -2.11. The zero-order chi connectivity index (χ0) is 16.8. The van der Waals surface area contributed by atoms with Gasteiger partial charge in [0.15, 0.2) is 5.69 Å². The van der Waals surface area contributed by atoms with Gasteiger partial charge in [0.25, 0.3) is 5.91 Å². The highest BCUT2D eigenvalue weighted by molar-refractivity contribution is 5.97. The Labute approximate surface area is 133 Å². The third-order valence-electron chi connectivity index (χ3n) is 3.19. The molecule has 2 rings (SSSR count). The van der Waals surface area contributed by atoms with E-state index in [1.165, 1.54) is 6.20 Å². The van der Waals surface area contributed by atoms with Crippen LogP contribution in [-0.2, 0) is 9.53 Å². The SMILES string of the molecule is CCOC(=O)CNC(=O)c1ncc(-c2cccnc2)c(C)c1O. The summed E-state index contributed by atoms with van der Waals surface area (Å²) in [4.78, 5) is 31.3. The molecule has 0 atom stereocenters. The fourth-order valence-electron chi connectivity index (χ4n) is 2.02. The quantitative estimate of drug-likeness (QED) is 0.810. The summed E-state index contributed by atoms with van der Waals surface area (Å²) in [6, 6.07) is 3.60. The van der Waals surface area contributed by atoms with Crippen LogP contribution in [0.1, 0.15) is 23.0 Å². The summed E-state index contributed by atoms with van der Waals surface area (Å²) < 4.78 is 4.72. The number of aromatic nitrogens is 2. The molecule has 0 fully saturated rings. The van der Waals surface area contributed by atoms with Gasteiger partial charge in [0, 0.05) is 35.3 Å². The predicted octanol–water partition coefficient (Wildman–Crippen LogP) is 1.45. The second-order valence-corrected chi connectivity index (χ2v) is 4.72. The van der Waals surface area contributed by atoms with Gasteiger partial charge in [-0.3, -0.25) is 14.6 Å². The Morgan fingerprint density at radius 2 is 2.13 bits per heavy atom. The zero-order valence-corrected chi connectivity index (χ0v) is 12.9. The first-order valence-electron chi connectivity index (χ1n) is 7.07. The lowest BCUT2D eigenvalue weighted by Crippen LogP contribution is -2.31. The number of ether oxygens (including phenoxy) is 1. The Bertz CT molecular complexity index is 717. The van der Waals surface area contributed by atoms with E-state index in [-0.39, 0.29) is 24.6 Å². The van der Waals surface area contributed by atoms with E-state index >= 15 is 0 Å². The lowest BCUT2D eigenvalue weighted by molar-refractivity contribution is -0.141. The number of carbonyl (C=O) groups excluding carboxylic acids is 2. The van der Waals surface area contributed by atoms with Gasteiger partial charge in [-0.05, 0) is 19.9 Å². The molecule has 2 aromatic heterocycles. The molecule has 2 N–H and O–H groups in total. The fourth-order valence-corrected chi connectivity index (χ4v) is 2.02. The molecule has 0 saturated heterocycles. The van der Waals surface area contributed by atoms with E-state index in [2.05, 4.69) is 15.3 Å². The van der Waals surface area contributed by atoms with E-state index in [0.717, 1.165) is 5.56 Å². The number of nitrogens with zero attached hydrogens (tertiary/aromatic N) is 2. The summed E-state index contributed by atoms with van der Waals surface area (Å²) >= 11 is 0. The van der Waals surface area contributed by atoms with Gasteiger partial charge in [0.05, 0.1) is 6.61 Å². The maximum absolute atomic E-state index is 12.0. The van der Waals surface area contributed by atoms with Crippen LogP contribution >= 0.6 is 0 Å². The molecule has 1 amide bonds. The van der Waals surface area contributed by atoms with Crippen LogP contribution in [0.2, 0.25) is 0 Å². The van der Waals surface area contributed by atoms with Gasteiger partial charge in [-0.15, -0.1) is 0 Å². The number of amides is 1. The van der Waals surface area contributed by atoms with E-state index in [4.69, 9.17) is 4.74 Å². The van der Waals surface area contributed by atoms with Gasteiger partial charge in [0.2, 0.25) is 0 Å². The van der Waals surface area contributed by atoms with Crippen LogP contribution in [-0.4, -0.2) is 40.1 Å². The highest BCUT2D eigenvalue weighted by atomic mass is 16.5. The van der Waals surface area contributed by atoms with Crippen molar-refractivity contribution in [2.24, 2.45) is 0 Å². The van der Waals surface area contributed by atoms with Gasteiger partial charge in [-0.25, -0.2) is 4.98 Å².